The normalized spacial score (nSPS) is 12.6. The number of hydrogen-bond donors (Lipinski definition) is 3. The number of rotatable bonds is 7. The minimum atomic E-state index is -0.187. The van der Waals surface area contributed by atoms with Gasteiger partial charge in [-0.15, -0.1) is 11.3 Å². The molecule has 2 rings (SSSR count). The highest BCUT2D eigenvalue weighted by molar-refractivity contribution is 7.18. The third-order valence-electron chi connectivity index (χ3n) is 2.94. The zero-order valence-electron chi connectivity index (χ0n) is 11.9. The monoisotopic (exact) mass is 296 g/mol. The fourth-order valence-corrected chi connectivity index (χ4v) is 2.87. The van der Waals surface area contributed by atoms with E-state index in [0.29, 0.717) is 12.6 Å². The van der Waals surface area contributed by atoms with Crippen molar-refractivity contribution >= 4 is 33.3 Å². The SMILES string of the molecule is CCc1cc2c(NC(CO)COC)nc(NC)nc2s1. The molecule has 2 heterocycles. The molecule has 6 nitrogen and oxygen atoms in total. The van der Waals surface area contributed by atoms with E-state index >= 15 is 0 Å². The maximum Gasteiger partial charge on any atom is 0.225 e. The second-order valence-corrected chi connectivity index (χ2v) is 5.53. The number of nitrogens with zero attached hydrogens (tertiary/aromatic N) is 2. The van der Waals surface area contributed by atoms with E-state index in [1.54, 1.807) is 25.5 Å². The fraction of sp³-hybridized carbons (Fsp3) is 0.538. The molecule has 0 aliphatic heterocycles. The number of methoxy groups -OCH3 is 1. The largest absolute Gasteiger partial charge is 0.394 e. The number of thiophene rings is 1. The van der Waals surface area contributed by atoms with Crippen molar-refractivity contribution in [1.29, 1.82) is 0 Å². The van der Waals surface area contributed by atoms with Crippen LogP contribution in [-0.2, 0) is 11.2 Å². The Kier molecular flexibility index (Phi) is 5.11. The van der Waals surface area contributed by atoms with Crippen LogP contribution in [0.1, 0.15) is 11.8 Å². The molecule has 2 aromatic heterocycles. The van der Waals surface area contributed by atoms with Crippen LogP contribution in [0.25, 0.3) is 10.2 Å². The van der Waals surface area contributed by atoms with Gasteiger partial charge >= 0.3 is 0 Å². The Bertz CT molecular complexity index is 573. The van der Waals surface area contributed by atoms with E-state index < -0.39 is 0 Å². The van der Waals surface area contributed by atoms with Gasteiger partial charge in [0.1, 0.15) is 10.6 Å². The molecule has 7 heteroatoms. The van der Waals surface area contributed by atoms with Gasteiger partial charge in [0.2, 0.25) is 5.95 Å². The first kappa shape index (κ1) is 15.0. The van der Waals surface area contributed by atoms with E-state index in [1.165, 1.54) is 4.88 Å². The molecule has 1 unspecified atom stereocenters. The average Bonchev–Trinajstić information content (AvgIpc) is 2.89. The second kappa shape index (κ2) is 6.83. The Morgan fingerprint density at radius 1 is 1.45 bits per heavy atom. The van der Waals surface area contributed by atoms with Crippen molar-refractivity contribution < 1.29 is 9.84 Å². The third-order valence-corrected chi connectivity index (χ3v) is 4.12. The molecule has 110 valence electrons. The molecule has 3 N–H and O–H groups in total. The van der Waals surface area contributed by atoms with E-state index in [0.717, 1.165) is 22.5 Å². The van der Waals surface area contributed by atoms with E-state index in [1.807, 2.05) is 0 Å². The number of aromatic nitrogens is 2. The van der Waals surface area contributed by atoms with Gasteiger partial charge in [0.05, 0.1) is 24.6 Å². The van der Waals surface area contributed by atoms with Crippen LogP contribution in [0.3, 0.4) is 0 Å². The molecule has 1 atom stereocenters. The van der Waals surface area contributed by atoms with Crippen LogP contribution in [0, 0.1) is 0 Å². The lowest BCUT2D eigenvalue weighted by molar-refractivity contribution is 0.153. The van der Waals surface area contributed by atoms with Crippen LogP contribution < -0.4 is 10.6 Å². The van der Waals surface area contributed by atoms with Crippen molar-refractivity contribution in [1.82, 2.24) is 9.97 Å². The molecule has 0 fully saturated rings. The lowest BCUT2D eigenvalue weighted by atomic mass is 10.2. The Labute approximate surface area is 122 Å². The van der Waals surface area contributed by atoms with Gasteiger partial charge in [0.25, 0.3) is 0 Å². The van der Waals surface area contributed by atoms with Crippen molar-refractivity contribution in [3.63, 3.8) is 0 Å². The summed E-state index contributed by atoms with van der Waals surface area (Å²) in [5, 5.41) is 16.5. The highest BCUT2D eigenvalue weighted by Gasteiger charge is 2.14. The number of aryl methyl sites for hydroxylation is 1. The Morgan fingerprint density at radius 2 is 2.25 bits per heavy atom. The van der Waals surface area contributed by atoms with E-state index in [-0.39, 0.29) is 12.6 Å². The van der Waals surface area contributed by atoms with Gasteiger partial charge < -0.3 is 20.5 Å². The summed E-state index contributed by atoms with van der Waals surface area (Å²) < 4.78 is 5.08. The molecule has 0 saturated heterocycles. The van der Waals surface area contributed by atoms with E-state index in [2.05, 4.69) is 33.6 Å². The highest BCUT2D eigenvalue weighted by Crippen LogP contribution is 2.30. The van der Waals surface area contributed by atoms with Gasteiger partial charge in [0.15, 0.2) is 0 Å². The molecular formula is C13H20N4O2S. The van der Waals surface area contributed by atoms with E-state index in [4.69, 9.17) is 4.74 Å². The first-order chi connectivity index (χ1) is 9.71. The summed E-state index contributed by atoms with van der Waals surface area (Å²) in [6, 6.07) is 1.91. The van der Waals surface area contributed by atoms with E-state index in [9.17, 15) is 5.11 Å². The van der Waals surface area contributed by atoms with Crippen LogP contribution in [0.2, 0.25) is 0 Å². The zero-order chi connectivity index (χ0) is 14.5. The third kappa shape index (κ3) is 3.17. The number of aliphatic hydroxyl groups excluding tert-OH is 1. The average molecular weight is 296 g/mol. The van der Waals surface area contributed by atoms with Crippen LogP contribution in [-0.4, -0.2) is 48.5 Å². The molecule has 0 spiro atoms. The Balaban J connectivity index is 2.40. The summed E-state index contributed by atoms with van der Waals surface area (Å²) in [6.45, 7) is 2.52. The van der Waals surface area contributed by atoms with Crippen molar-refractivity contribution in [3.05, 3.63) is 10.9 Å². The minimum absolute atomic E-state index is 0.0149. The summed E-state index contributed by atoms with van der Waals surface area (Å²) in [5.74, 6) is 1.30. The quantitative estimate of drug-likeness (QED) is 0.722. The van der Waals surface area contributed by atoms with Gasteiger partial charge in [-0.2, -0.15) is 4.98 Å². The number of hydrogen-bond acceptors (Lipinski definition) is 7. The van der Waals surface area contributed by atoms with Crippen molar-refractivity contribution in [2.75, 3.05) is 38.0 Å². The number of anilines is 2. The summed E-state index contributed by atoms with van der Waals surface area (Å²) in [6.07, 6.45) is 0.969. The minimum Gasteiger partial charge on any atom is -0.394 e. The fourth-order valence-electron chi connectivity index (χ4n) is 1.90. The Hall–Kier alpha value is -1.44. The standard InChI is InChI=1S/C13H20N4O2S/c1-4-9-5-10-11(15-8(6-18)7-19-3)16-13(14-2)17-12(10)20-9/h5,8,18H,4,6-7H2,1-3H3,(H2,14,15,16,17). The molecule has 0 saturated carbocycles. The first-order valence-corrected chi connectivity index (χ1v) is 7.38. The van der Waals surface area contributed by atoms with Gasteiger partial charge in [-0.1, -0.05) is 6.92 Å². The van der Waals surface area contributed by atoms with Gasteiger partial charge in [-0.25, -0.2) is 4.98 Å². The Morgan fingerprint density at radius 3 is 2.85 bits per heavy atom. The molecule has 2 aromatic rings. The molecule has 0 aliphatic rings. The lowest BCUT2D eigenvalue weighted by Gasteiger charge is -2.16. The second-order valence-electron chi connectivity index (χ2n) is 4.41. The molecular weight excluding hydrogens is 276 g/mol. The summed E-state index contributed by atoms with van der Waals surface area (Å²) >= 11 is 1.66. The lowest BCUT2D eigenvalue weighted by Crippen LogP contribution is -2.29. The maximum absolute atomic E-state index is 9.37. The van der Waals surface area contributed by atoms with Gasteiger partial charge in [-0.05, 0) is 12.5 Å². The predicted molar refractivity (Wildman–Crippen MR) is 82.7 cm³/mol. The number of nitrogens with one attached hydrogen (secondary N) is 2. The molecule has 20 heavy (non-hydrogen) atoms. The predicted octanol–water partition coefficient (Wildman–Crippen LogP) is 1.71. The molecule has 0 radical (unpaired) electrons. The first-order valence-electron chi connectivity index (χ1n) is 6.56. The van der Waals surface area contributed by atoms with Gasteiger partial charge in [0, 0.05) is 19.0 Å². The highest BCUT2D eigenvalue weighted by atomic mass is 32.1. The van der Waals surface area contributed by atoms with Crippen molar-refractivity contribution in [3.8, 4) is 0 Å². The number of aliphatic hydroxyl groups is 1. The van der Waals surface area contributed by atoms with Crippen molar-refractivity contribution in [2.45, 2.75) is 19.4 Å². The maximum atomic E-state index is 9.37. The summed E-state index contributed by atoms with van der Waals surface area (Å²) in [4.78, 5) is 11.1. The topological polar surface area (TPSA) is 79.3 Å². The van der Waals surface area contributed by atoms with Crippen LogP contribution in [0.15, 0.2) is 6.07 Å². The molecule has 0 aliphatic carbocycles. The van der Waals surface area contributed by atoms with Crippen molar-refractivity contribution in [2.24, 2.45) is 0 Å². The molecule has 0 aromatic carbocycles. The number of fused-ring (bicyclic) bond motifs is 1. The molecule has 0 bridgehead atoms. The summed E-state index contributed by atoms with van der Waals surface area (Å²) in [5.41, 5.74) is 0. The number of ether oxygens (including phenoxy) is 1. The van der Waals surface area contributed by atoms with Crippen LogP contribution in [0.5, 0.6) is 0 Å². The van der Waals surface area contributed by atoms with Gasteiger partial charge in [-0.3, -0.25) is 0 Å². The summed E-state index contributed by atoms with van der Waals surface area (Å²) in [7, 11) is 3.40. The van der Waals surface area contributed by atoms with Crippen LogP contribution in [0.4, 0.5) is 11.8 Å². The molecule has 0 amide bonds. The smallest absolute Gasteiger partial charge is 0.225 e. The van der Waals surface area contributed by atoms with Crippen LogP contribution >= 0.6 is 11.3 Å². The zero-order valence-corrected chi connectivity index (χ0v) is 12.8.